The molecule has 4 rings (SSSR count). The molecule has 3 amide bonds. The number of amides is 3. The van der Waals surface area contributed by atoms with E-state index in [4.69, 9.17) is 0 Å². The Labute approximate surface area is 174 Å². The molecular weight excluding hydrogens is 386 g/mol. The first kappa shape index (κ1) is 19.6. The Bertz CT molecular complexity index is 962. The molecule has 1 atom stereocenters. The zero-order valence-electron chi connectivity index (χ0n) is 16.9. The number of piperazine rings is 1. The van der Waals surface area contributed by atoms with Gasteiger partial charge in [-0.15, -0.1) is 11.3 Å². The van der Waals surface area contributed by atoms with Crippen LogP contribution in [0.2, 0.25) is 0 Å². The van der Waals surface area contributed by atoms with E-state index in [-0.39, 0.29) is 29.7 Å². The molecule has 2 aliphatic heterocycles. The Balaban J connectivity index is 1.60. The molecule has 0 bridgehead atoms. The van der Waals surface area contributed by atoms with Gasteiger partial charge in [0.15, 0.2) is 0 Å². The van der Waals surface area contributed by atoms with Crippen molar-refractivity contribution in [1.82, 2.24) is 9.80 Å². The third-order valence-corrected chi connectivity index (χ3v) is 6.21. The second kappa shape index (κ2) is 7.30. The van der Waals surface area contributed by atoms with Crippen molar-refractivity contribution in [1.29, 1.82) is 0 Å². The van der Waals surface area contributed by atoms with Gasteiger partial charge in [-0.2, -0.15) is 0 Å². The molecule has 29 heavy (non-hydrogen) atoms. The predicted molar refractivity (Wildman–Crippen MR) is 114 cm³/mol. The third-order valence-electron chi connectivity index (χ3n) is 5.29. The predicted octanol–water partition coefficient (Wildman–Crippen LogP) is 3.46. The minimum absolute atomic E-state index is 0.0270. The van der Waals surface area contributed by atoms with Crippen LogP contribution in [0.25, 0.3) is 10.4 Å². The molecule has 1 N–H and O–H groups in total. The van der Waals surface area contributed by atoms with Crippen molar-refractivity contribution < 1.29 is 14.4 Å². The van der Waals surface area contributed by atoms with Crippen LogP contribution < -0.4 is 5.32 Å². The van der Waals surface area contributed by atoms with Crippen molar-refractivity contribution in [3.8, 4) is 10.4 Å². The summed E-state index contributed by atoms with van der Waals surface area (Å²) in [6.07, 6.45) is 0.416. The number of carbonyl (C=O) groups excluding carboxylic acids is 3. The summed E-state index contributed by atoms with van der Waals surface area (Å²) < 4.78 is 0. The van der Waals surface area contributed by atoms with Gasteiger partial charge in [-0.1, -0.05) is 32.9 Å². The average Bonchev–Trinajstić information content (AvgIpc) is 3.17. The minimum Gasteiger partial charge on any atom is -0.338 e. The highest BCUT2D eigenvalue weighted by molar-refractivity contribution is 7.13. The number of benzene rings is 1. The molecule has 0 saturated carbocycles. The van der Waals surface area contributed by atoms with Gasteiger partial charge in [-0.25, -0.2) is 0 Å². The van der Waals surface area contributed by atoms with Gasteiger partial charge < -0.3 is 15.1 Å². The van der Waals surface area contributed by atoms with Gasteiger partial charge in [0.05, 0.1) is 17.8 Å². The van der Waals surface area contributed by atoms with Crippen LogP contribution in [0.15, 0.2) is 35.7 Å². The summed E-state index contributed by atoms with van der Waals surface area (Å²) in [7, 11) is 0. The highest BCUT2D eigenvalue weighted by Crippen LogP contribution is 2.32. The second-order valence-electron chi connectivity index (χ2n) is 8.82. The number of nitrogens with one attached hydrogen (secondary N) is 1. The van der Waals surface area contributed by atoms with E-state index in [0.29, 0.717) is 30.8 Å². The molecule has 6 nitrogen and oxygen atoms in total. The largest absolute Gasteiger partial charge is 0.338 e. The maximum absolute atomic E-state index is 13.3. The number of rotatable bonds is 2. The van der Waals surface area contributed by atoms with Crippen molar-refractivity contribution in [2.45, 2.75) is 33.2 Å². The molecule has 0 spiro atoms. The van der Waals surface area contributed by atoms with E-state index in [0.717, 1.165) is 10.4 Å². The van der Waals surface area contributed by atoms with Crippen molar-refractivity contribution in [3.63, 3.8) is 0 Å². The molecule has 1 saturated heterocycles. The first-order chi connectivity index (χ1) is 13.7. The van der Waals surface area contributed by atoms with Crippen molar-refractivity contribution >= 4 is 34.7 Å². The maximum Gasteiger partial charge on any atom is 0.256 e. The fraction of sp³-hybridized carbons (Fsp3) is 0.409. The minimum atomic E-state index is -0.669. The fourth-order valence-corrected chi connectivity index (χ4v) is 4.56. The summed E-state index contributed by atoms with van der Waals surface area (Å²) in [6, 6.07) is 8.87. The highest BCUT2D eigenvalue weighted by atomic mass is 32.1. The molecule has 0 aliphatic carbocycles. The van der Waals surface area contributed by atoms with Gasteiger partial charge in [0.25, 0.3) is 5.91 Å². The number of nitrogens with zero attached hydrogens (tertiary/aromatic N) is 2. The van der Waals surface area contributed by atoms with Crippen LogP contribution in [0.4, 0.5) is 5.69 Å². The Hall–Kier alpha value is -2.67. The molecule has 7 heteroatoms. The Morgan fingerprint density at radius 1 is 1.21 bits per heavy atom. The van der Waals surface area contributed by atoms with Crippen LogP contribution in [0.5, 0.6) is 0 Å². The summed E-state index contributed by atoms with van der Waals surface area (Å²) in [4.78, 5) is 43.2. The number of anilines is 1. The monoisotopic (exact) mass is 411 g/mol. The number of hydrogen-bond acceptors (Lipinski definition) is 4. The first-order valence-corrected chi connectivity index (χ1v) is 10.7. The summed E-state index contributed by atoms with van der Waals surface area (Å²) in [5.41, 5.74) is 1.87. The molecule has 152 valence electrons. The molecule has 3 heterocycles. The normalized spacial score (nSPS) is 19.3. The lowest BCUT2D eigenvalue weighted by Crippen LogP contribution is -2.59. The van der Waals surface area contributed by atoms with E-state index in [1.807, 2.05) is 50.4 Å². The first-order valence-electron chi connectivity index (χ1n) is 9.80. The quantitative estimate of drug-likeness (QED) is 0.823. The van der Waals surface area contributed by atoms with Gasteiger partial charge in [-0.05, 0) is 34.6 Å². The van der Waals surface area contributed by atoms with Gasteiger partial charge in [0.1, 0.15) is 6.04 Å². The number of carbonyl (C=O) groups is 3. The fourth-order valence-electron chi connectivity index (χ4n) is 3.84. The van der Waals surface area contributed by atoms with Crippen molar-refractivity contribution in [2.75, 3.05) is 25.0 Å². The molecular formula is C22H25N3O3S. The van der Waals surface area contributed by atoms with Crippen LogP contribution in [0.1, 0.15) is 37.6 Å². The van der Waals surface area contributed by atoms with Crippen LogP contribution in [-0.2, 0) is 9.59 Å². The van der Waals surface area contributed by atoms with Crippen molar-refractivity contribution in [3.05, 3.63) is 41.3 Å². The average molecular weight is 412 g/mol. The van der Waals surface area contributed by atoms with Gasteiger partial charge in [0.2, 0.25) is 11.8 Å². The van der Waals surface area contributed by atoms with E-state index >= 15 is 0 Å². The molecule has 1 aromatic heterocycles. The van der Waals surface area contributed by atoms with Crippen molar-refractivity contribution in [2.24, 2.45) is 5.41 Å². The molecule has 0 unspecified atom stereocenters. The van der Waals surface area contributed by atoms with Crippen LogP contribution in [-0.4, -0.2) is 53.2 Å². The molecule has 2 aromatic rings. The Morgan fingerprint density at radius 3 is 2.69 bits per heavy atom. The van der Waals surface area contributed by atoms with E-state index in [1.165, 1.54) is 0 Å². The van der Waals surface area contributed by atoms with E-state index in [1.54, 1.807) is 27.2 Å². The third kappa shape index (κ3) is 3.92. The zero-order valence-corrected chi connectivity index (χ0v) is 17.7. The lowest BCUT2D eigenvalue weighted by atomic mass is 9.91. The topological polar surface area (TPSA) is 69.7 Å². The number of fused-ring (bicyclic) bond motifs is 2. The van der Waals surface area contributed by atoms with Crippen LogP contribution in [0.3, 0.4) is 0 Å². The summed E-state index contributed by atoms with van der Waals surface area (Å²) in [5.74, 6) is -0.377. The molecule has 1 fully saturated rings. The highest BCUT2D eigenvalue weighted by Gasteiger charge is 2.40. The Kier molecular flexibility index (Phi) is 4.94. The van der Waals surface area contributed by atoms with E-state index < -0.39 is 6.04 Å². The molecule has 0 radical (unpaired) electrons. The maximum atomic E-state index is 13.3. The summed E-state index contributed by atoms with van der Waals surface area (Å²) >= 11 is 1.61. The molecule has 2 aliphatic rings. The number of thiophene rings is 1. The van der Waals surface area contributed by atoms with E-state index in [2.05, 4.69) is 5.32 Å². The standard InChI is InChI=1S/C22H25N3O3S/c1-22(2,3)12-19(26)24-8-9-25-17(13-24)20(27)23-16-7-6-14(11-15(16)21(25)28)18-5-4-10-29-18/h4-7,10-11,17H,8-9,12-13H2,1-3H3,(H,23,27)/t17-/m1/s1. The zero-order chi connectivity index (χ0) is 20.8. The lowest BCUT2D eigenvalue weighted by molar-refractivity contribution is -0.137. The van der Waals surface area contributed by atoms with Gasteiger partial charge in [0, 0.05) is 24.4 Å². The lowest BCUT2D eigenvalue weighted by Gasteiger charge is -2.40. The van der Waals surface area contributed by atoms with Gasteiger partial charge in [-0.3, -0.25) is 14.4 Å². The Morgan fingerprint density at radius 2 is 2.00 bits per heavy atom. The van der Waals surface area contributed by atoms with E-state index in [9.17, 15) is 14.4 Å². The SMILES string of the molecule is CC(C)(C)CC(=O)N1CCN2C(=O)c3cc(-c4cccs4)ccc3NC(=O)[C@H]2C1. The molecule has 1 aromatic carbocycles. The number of hydrogen-bond donors (Lipinski definition) is 1. The second-order valence-corrected chi connectivity index (χ2v) is 9.77. The summed E-state index contributed by atoms with van der Waals surface area (Å²) in [5, 5.41) is 4.89. The van der Waals surface area contributed by atoms with Crippen LogP contribution >= 0.6 is 11.3 Å². The van der Waals surface area contributed by atoms with Gasteiger partial charge >= 0.3 is 0 Å². The van der Waals surface area contributed by atoms with Crippen LogP contribution in [0, 0.1) is 5.41 Å². The smallest absolute Gasteiger partial charge is 0.256 e. The summed E-state index contributed by atoms with van der Waals surface area (Å²) in [6.45, 7) is 7.10.